The molecule has 3 aromatic rings. The van der Waals surface area contributed by atoms with E-state index in [4.69, 9.17) is 0 Å². The van der Waals surface area contributed by atoms with Crippen molar-refractivity contribution in [3.05, 3.63) is 39.6 Å². The molecular weight excluding hydrogens is 416 g/mol. The Labute approximate surface area is 185 Å². The van der Waals surface area contributed by atoms with Gasteiger partial charge in [0.25, 0.3) is 0 Å². The van der Waals surface area contributed by atoms with Gasteiger partial charge in [0.05, 0.1) is 22.8 Å². The number of carbonyl (C=O) groups excluding carboxylic acids is 1. The average molecular weight is 445 g/mol. The molecule has 1 saturated carbocycles. The monoisotopic (exact) mass is 444 g/mol. The second-order valence-corrected chi connectivity index (χ2v) is 9.80. The van der Waals surface area contributed by atoms with Gasteiger partial charge in [0, 0.05) is 24.4 Å². The van der Waals surface area contributed by atoms with Crippen LogP contribution in [0.15, 0.2) is 22.7 Å². The number of nitrogens with zero attached hydrogens (tertiary/aromatic N) is 5. The van der Waals surface area contributed by atoms with E-state index in [9.17, 15) is 4.79 Å². The highest BCUT2D eigenvalue weighted by Crippen LogP contribution is 2.33. The topological polar surface area (TPSA) is 77.6 Å². The van der Waals surface area contributed by atoms with E-state index in [1.54, 1.807) is 16.0 Å². The van der Waals surface area contributed by atoms with Gasteiger partial charge < -0.3 is 9.88 Å². The third kappa shape index (κ3) is 4.62. The Hall–Kier alpha value is -2.13. The van der Waals surface area contributed by atoms with Crippen LogP contribution in [0.2, 0.25) is 0 Å². The molecule has 0 atom stereocenters. The van der Waals surface area contributed by atoms with Crippen molar-refractivity contribution in [2.45, 2.75) is 63.6 Å². The molecule has 1 aliphatic rings. The van der Waals surface area contributed by atoms with E-state index < -0.39 is 0 Å². The van der Waals surface area contributed by atoms with Crippen LogP contribution in [-0.2, 0) is 18.3 Å². The van der Waals surface area contributed by atoms with Gasteiger partial charge in [-0.1, -0.05) is 37.1 Å². The minimum Gasteiger partial charge on any atom is -0.322 e. The first-order valence-corrected chi connectivity index (χ1v) is 12.3. The van der Waals surface area contributed by atoms with Crippen molar-refractivity contribution in [3.8, 4) is 0 Å². The smallest absolute Gasteiger partial charge is 0.234 e. The molecule has 1 aliphatic carbocycles. The largest absolute Gasteiger partial charge is 0.322 e. The number of hydrogen-bond donors (Lipinski definition) is 1. The fourth-order valence-electron chi connectivity index (χ4n) is 4.06. The molecular formula is C21H28N6OS2. The highest BCUT2D eigenvalue weighted by molar-refractivity contribution is 7.99. The number of anilines is 1. The summed E-state index contributed by atoms with van der Waals surface area (Å²) in [6.45, 7) is 3.87. The highest BCUT2D eigenvalue weighted by Gasteiger charge is 2.24. The van der Waals surface area contributed by atoms with Gasteiger partial charge in [-0.05, 0) is 38.1 Å². The van der Waals surface area contributed by atoms with Crippen LogP contribution in [0.1, 0.15) is 60.2 Å². The first-order chi connectivity index (χ1) is 14.5. The van der Waals surface area contributed by atoms with Gasteiger partial charge in [-0.3, -0.25) is 9.48 Å². The van der Waals surface area contributed by atoms with Crippen molar-refractivity contribution in [1.82, 2.24) is 24.5 Å². The molecule has 1 amide bonds. The van der Waals surface area contributed by atoms with E-state index in [1.807, 2.05) is 20.9 Å². The maximum absolute atomic E-state index is 12.6. The number of nitrogens with one attached hydrogen (secondary N) is 1. The molecule has 0 bridgehead atoms. The molecule has 0 unspecified atom stereocenters. The van der Waals surface area contributed by atoms with Crippen LogP contribution in [0, 0.1) is 13.8 Å². The molecule has 160 valence electrons. The van der Waals surface area contributed by atoms with Gasteiger partial charge in [0.15, 0.2) is 5.16 Å². The summed E-state index contributed by atoms with van der Waals surface area (Å²) in [5.41, 5.74) is 2.58. The van der Waals surface area contributed by atoms with Gasteiger partial charge in [-0.25, -0.2) is 0 Å². The summed E-state index contributed by atoms with van der Waals surface area (Å²) in [6, 6.07) is 4.64. The maximum Gasteiger partial charge on any atom is 0.234 e. The van der Waals surface area contributed by atoms with E-state index >= 15 is 0 Å². The van der Waals surface area contributed by atoms with Crippen molar-refractivity contribution in [2.75, 3.05) is 11.1 Å². The standard InChI is InChI=1S/C21H28N6OS2/c1-14-20(15(2)26(3)25-14)22-19(28)13-30-21-24-23-18(12-17-10-7-11-29-17)27(21)16-8-5-4-6-9-16/h7,10-11,16H,4-6,8-9,12-13H2,1-3H3,(H,22,28). The number of aromatic nitrogens is 5. The van der Waals surface area contributed by atoms with Crippen LogP contribution in [-0.4, -0.2) is 36.2 Å². The number of rotatable bonds is 7. The first kappa shape index (κ1) is 21.1. The summed E-state index contributed by atoms with van der Waals surface area (Å²) in [5, 5.41) is 19.3. The Morgan fingerprint density at radius 2 is 2.07 bits per heavy atom. The zero-order valence-corrected chi connectivity index (χ0v) is 19.4. The summed E-state index contributed by atoms with van der Waals surface area (Å²) >= 11 is 3.22. The Balaban J connectivity index is 1.48. The first-order valence-electron chi connectivity index (χ1n) is 10.4. The van der Waals surface area contributed by atoms with Crippen molar-refractivity contribution in [2.24, 2.45) is 7.05 Å². The molecule has 0 aromatic carbocycles. The Morgan fingerprint density at radius 3 is 2.73 bits per heavy atom. The van der Waals surface area contributed by atoms with Gasteiger partial charge in [0.2, 0.25) is 5.91 Å². The predicted octanol–water partition coefficient (Wildman–Crippen LogP) is 4.52. The number of aryl methyl sites for hydroxylation is 2. The lowest BCUT2D eigenvalue weighted by Gasteiger charge is -2.25. The number of thiophene rings is 1. The highest BCUT2D eigenvalue weighted by atomic mass is 32.2. The van der Waals surface area contributed by atoms with E-state index in [0.29, 0.717) is 11.8 Å². The molecule has 7 nitrogen and oxygen atoms in total. The van der Waals surface area contributed by atoms with Crippen molar-refractivity contribution in [1.29, 1.82) is 0 Å². The van der Waals surface area contributed by atoms with E-state index in [0.717, 1.165) is 47.3 Å². The molecule has 30 heavy (non-hydrogen) atoms. The zero-order valence-electron chi connectivity index (χ0n) is 17.7. The molecule has 1 fully saturated rings. The quantitative estimate of drug-likeness (QED) is 0.542. The van der Waals surface area contributed by atoms with E-state index in [2.05, 4.69) is 42.7 Å². The second kappa shape index (κ2) is 9.34. The van der Waals surface area contributed by atoms with Gasteiger partial charge >= 0.3 is 0 Å². The molecule has 0 aliphatic heterocycles. The molecule has 0 saturated heterocycles. The molecule has 1 N–H and O–H groups in total. The number of amides is 1. The van der Waals surface area contributed by atoms with Crippen LogP contribution in [0.3, 0.4) is 0 Å². The molecule has 4 rings (SSSR count). The lowest BCUT2D eigenvalue weighted by atomic mass is 9.95. The van der Waals surface area contributed by atoms with Crippen LogP contribution in [0.4, 0.5) is 5.69 Å². The Bertz CT molecular complexity index is 1000. The summed E-state index contributed by atoms with van der Waals surface area (Å²) in [7, 11) is 1.88. The zero-order chi connectivity index (χ0) is 21.1. The molecule has 3 aromatic heterocycles. The second-order valence-electron chi connectivity index (χ2n) is 7.82. The normalized spacial score (nSPS) is 14.9. The predicted molar refractivity (Wildman–Crippen MR) is 121 cm³/mol. The maximum atomic E-state index is 12.6. The lowest BCUT2D eigenvalue weighted by molar-refractivity contribution is -0.113. The fourth-order valence-corrected chi connectivity index (χ4v) is 5.59. The van der Waals surface area contributed by atoms with Gasteiger partial charge in [0.1, 0.15) is 5.82 Å². The number of thioether (sulfide) groups is 1. The van der Waals surface area contributed by atoms with Crippen molar-refractivity contribution < 1.29 is 4.79 Å². The van der Waals surface area contributed by atoms with Crippen molar-refractivity contribution >= 4 is 34.7 Å². The van der Waals surface area contributed by atoms with Crippen molar-refractivity contribution in [3.63, 3.8) is 0 Å². The molecule has 0 radical (unpaired) electrons. The minimum absolute atomic E-state index is 0.0443. The summed E-state index contributed by atoms with van der Waals surface area (Å²) in [5.74, 6) is 1.26. The number of carbonyl (C=O) groups is 1. The third-order valence-corrected chi connectivity index (χ3v) is 7.51. The van der Waals surface area contributed by atoms with Crippen LogP contribution in [0.25, 0.3) is 0 Å². The fraction of sp³-hybridized carbons (Fsp3) is 0.524. The summed E-state index contributed by atoms with van der Waals surface area (Å²) in [4.78, 5) is 13.9. The van der Waals surface area contributed by atoms with Crippen LogP contribution < -0.4 is 5.32 Å². The average Bonchev–Trinajstić information content (AvgIpc) is 3.45. The third-order valence-electron chi connectivity index (χ3n) is 5.69. The Kier molecular flexibility index (Phi) is 6.58. The van der Waals surface area contributed by atoms with Gasteiger partial charge in [-0.15, -0.1) is 21.5 Å². The SMILES string of the molecule is Cc1nn(C)c(C)c1NC(=O)CSc1nnc(Cc2cccs2)n1C1CCCCC1. The molecule has 0 spiro atoms. The summed E-state index contributed by atoms with van der Waals surface area (Å²) in [6.07, 6.45) is 6.89. The van der Waals surface area contributed by atoms with E-state index in [-0.39, 0.29) is 5.91 Å². The molecule has 3 heterocycles. The Morgan fingerprint density at radius 1 is 1.27 bits per heavy atom. The minimum atomic E-state index is -0.0443. The van der Waals surface area contributed by atoms with Gasteiger partial charge in [-0.2, -0.15) is 5.10 Å². The lowest BCUT2D eigenvalue weighted by Crippen LogP contribution is -2.18. The molecule has 9 heteroatoms. The number of hydrogen-bond acceptors (Lipinski definition) is 6. The van der Waals surface area contributed by atoms with Crippen LogP contribution >= 0.6 is 23.1 Å². The summed E-state index contributed by atoms with van der Waals surface area (Å²) < 4.78 is 4.09. The van der Waals surface area contributed by atoms with E-state index in [1.165, 1.54) is 35.9 Å². The van der Waals surface area contributed by atoms with Crippen LogP contribution in [0.5, 0.6) is 0 Å².